The van der Waals surface area contributed by atoms with Crippen LogP contribution in [0.2, 0.25) is 0 Å². The van der Waals surface area contributed by atoms with Crippen LogP contribution in [0.3, 0.4) is 0 Å². The fourth-order valence-corrected chi connectivity index (χ4v) is 4.51. The lowest BCUT2D eigenvalue weighted by atomic mass is 9.92. The topological polar surface area (TPSA) is 55.9 Å². The zero-order valence-electron chi connectivity index (χ0n) is 19.5. The van der Waals surface area contributed by atoms with Crippen LogP contribution in [0, 0.1) is 0 Å². The van der Waals surface area contributed by atoms with Crippen molar-refractivity contribution in [3.05, 3.63) is 77.9 Å². The fraction of sp³-hybridized carbons (Fsp3) is 0.385. The highest BCUT2D eigenvalue weighted by Gasteiger charge is 2.34. The first-order valence-corrected chi connectivity index (χ1v) is 11.1. The Morgan fingerprint density at radius 1 is 1.12 bits per heavy atom. The lowest BCUT2D eigenvalue weighted by molar-refractivity contribution is -0.105. The van der Waals surface area contributed by atoms with Crippen molar-refractivity contribution in [3.8, 4) is 0 Å². The average Bonchev–Trinajstić information content (AvgIpc) is 2.78. The predicted octanol–water partition coefficient (Wildman–Crippen LogP) is 3.63. The van der Waals surface area contributed by atoms with Crippen molar-refractivity contribution in [1.82, 2.24) is 14.7 Å². The number of carbonyl (C=O) groups is 2. The summed E-state index contributed by atoms with van der Waals surface area (Å²) < 4.78 is 0. The smallest absolute Gasteiger partial charge is 0.253 e. The molecule has 0 spiro atoms. The van der Waals surface area contributed by atoms with E-state index in [-0.39, 0.29) is 11.9 Å². The van der Waals surface area contributed by atoms with Crippen LogP contribution in [-0.4, -0.2) is 72.8 Å². The number of rotatable bonds is 8. The van der Waals surface area contributed by atoms with Crippen molar-refractivity contribution in [1.29, 1.82) is 0 Å². The Labute approximate surface area is 191 Å². The van der Waals surface area contributed by atoms with Crippen LogP contribution >= 0.6 is 0 Å². The molecule has 0 bridgehead atoms. The standard InChI is InChI=1S/C26H34N4O2/c1-6-14-29-16-20(3)30(17-19(29)2)25(23-8-7-9-24(15-23)27-18-31)21-10-12-22(13-11-21)26(32)28(4)5/h6-13,15,18-20,25H,1,14,16-17H2,2-5H3,(H,27,31)/t19-,20+,25?/m0/s1. The van der Waals surface area contributed by atoms with Crippen molar-refractivity contribution < 1.29 is 9.59 Å². The molecule has 0 aliphatic carbocycles. The molecule has 2 aromatic rings. The van der Waals surface area contributed by atoms with Gasteiger partial charge in [-0.2, -0.15) is 0 Å². The molecule has 32 heavy (non-hydrogen) atoms. The highest BCUT2D eigenvalue weighted by atomic mass is 16.2. The van der Waals surface area contributed by atoms with Gasteiger partial charge in [-0.15, -0.1) is 6.58 Å². The van der Waals surface area contributed by atoms with Crippen LogP contribution in [0.4, 0.5) is 5.69 Å². The molecular formula is C26H34N4O2. The molecule has 0 saturated carbocycles. The molecule has 0 radical (unpaired) electrons. The summed E-state index contributed by atoms with van der Waals surface area (Å²) in [4.78, 5) is 29.9. The van der Waals surface area contributed by atoms with Gasteiger partial charge < -0.3 is 10.2 Å². The first kappa shape index (κ1) is 23.7. The van der Waals surface area contributed by atoms with Crippen LogP contribution in [0.1, 0.15) is 41.4 Å². The van der Waals surface area contributed by atoms with E-state index < -0.39 is 0 Å². The largest absolute Gasteiger partial charge is 0.345 e. The lowest BCUT2D eigenvalue weighted by Gasteiger charge is -2.47. The van der Waals surface area contributed by atoms with Gasteiger partial charge in [0.05, 0.1) is 6.04 Å². The fourth-order valence-electron chi connectivity index (χ4n) is 4.51. The molecule has 3 atom stereocenters. The number of hydrogen-bond donors (Lipinski definition) is 1. The van der Waals surface area contributed by atoms with E-state index in [9.17, 15) is 9.59 Å². The highest BCUT2D eigenvalue weighted by molar-refractivity contribution is 5.93. The van der Waals surface area contributed by atoms with Crippen molar-refractivity contribution >= 4 is 18.0 Å². The van der Waals surface area contributed by atoms with E-state index in [1.165, 1.54) is 0 Å². The molecule has 6 nitrogen and oxygen atoms in total. The molecule has 1 saturated heterocycles. The third kappa shape index (κ3) is 5.26. The number of nitrogens with zero attached hydrogens (tertiary/aromatic N) is 3. The maximum atomic E-state index is 12.4. The summed E-state index contributed by atoms with van der Waals surface area (Å²) in [6, 6.07) is 16.6. The summed E-state index contributed by atoms with van der Waals surface area (Å²) in [6.45, 7) is 11.1. The van der Waals surface area contributed by atoms with Gasteiger partial charge in [0.15, 0.2) is 0 Å². The van der Waals surface area contributed by atoms with Crippen molar-refractivity contribution in [3.63, 3.8) is 0 Å². The van der Waals surface area contributed by atoms with E-state index in [2.05, 4.69) is 53.7 Å². The maximum Gasteiger partial charge on any atom is 0.253 e. The Bertz CT molecular complexity index is 941. The number of anilines is 1. The van der Waals surface area contributed by atoms with Gasteiger partial charge in [0.25, 0.3) is 5.91 Å². The second-order valence-corrected chi connectivity index (χ2v) is 8.75. The highest BCUT2D eigenvalue weighted by Crippen LogP contribution is 2.34. The zero-order valence-corrected chi connectivity index (χ0v) is 19.5. The molecule has 1 N–H and O–H groups in total. The van der Waals surface area contributed by atoms with Gasteiger partial charge in [-0.3, -0.25) is 19.4 Å². The summed E-state index contributed by atoms with van der Waals surface area (Å²) in [7, 11) is 3.52. The minimum atomic E-state index is -0.00897. The maximum absolute atomic E-state index is 12.4. The van der Waals surface area contributed by atoms with Crippen molar-refractivity contribution in [2.24, 2.45) is 0 Å². The first-order chi connectivity index (χ1) is 15.3. The van der Waals surface area contributed by atoms with Gasteiger partial charge in [-0.1, -0.05) is 30.3 Å². The molecule has 170 valence electrons. The molecular weight excluding hydrogens is 400 g/mol. The number of benzene rings is 2. The van der Waals surface area contributed by atoms with Crippen molar-refractivity contribution in [2.45, 2.75) is 32.0 Å². The Kier molecular flexibility index (Phi) is 7.83. The molecule has 1 fully saturated rings. The second-order valence-electron chi connectivity index (χ2n) is 8.75. The van der Waals surface area contributed by atoms with Crippen LogP contribution in [0.15, 0.2) is 61.2 Å². The third-order valence-electron chi connectivity index (χ3n) is 6.17. The number of nitrogens with one attached hydrogen (secondary N) is 1. The van der Waals surface area contributed by atoms with Gasteiger partial charge >= 0.3 is 0 Å². The van der Waals surface area contributed by atoms with E-state index in [0.29, 0.717) is 24.1 Å². The summed E-state index contributed by atoms with van der Waals surface area (Å²) in [5.74, 6) is -0.00897. The van der Waals surface area contributed by atoms with Gasteiger partial charge in [0.1, 0.15) is 0 Å². The zero-order chi connectivity index (χ0) is 23.3. The van der Waals surface area contributed by atoms with Gasteiger partial charge in [0.2, 0.25) is 6.41 Å². The SMILES string of the molecule is C=CCN1C[C@@H](C)N(C(c2ccc(C(=O)N(C)C)cc2)c2cccc(NC=O)c2)C[C@@H]1C. The Morgan fingerprint density at radius 3 is 2.47 bits per heavy atom. The Hall–Kier alpha value is -2.96. The summed E-state index contributed by atoms with van der Waals surface area (Å²) in [5.41, 5.74) is 3.68. The van der Waals surface area contributed by atoms with E-state index in [4.69, 9.17) is 0 Å². The van der Waals surface area contributed by atoms with E-state index in [1.807, 2.05) is 36.4 Å². The summed E-state index contributed by atoms with van der Waals surface area (Å²) in [6.07, 6.45) is 2.67. The van der Waals surface area contributed by atoms with Crippen molar-refractivity contribution in [2.75, 3.05) is 39.0 Å². The number of carbonyl (C=O) groups excluding carboxylic acids is 2. The predicted molar refractivity (Wildman–Crippen MR) is 130 cm³/mol. The van der Waals surface area contributed by atoms with Crippen LogP contribution in [-0.2, 0) is 4.79 Å². The number of amides is 2. The van der Waals surface area contributed by atoms with Crippen LogP contribution in [0.5, 0.6) is 0 Å². The van der Waals surface area contributed by atoms with Gasteiger partial charge in [-0.25, -0.2) is 0 Å². The second kappa shape index (κ2) is 10.6. The molecule has 1 heterocycles. The molecule has 1 aliphatic heterocycles. The van der Waals surface area contributed by atoms with Crippen LogP contribution in [0.25, 0.3) is 0 Å². The number of piperazine rings is 1. The van der Waals surface area contributed by atoms with Crippen LogP contribution < -0.4 is 5.32 Å². The van der Waals surface area contributed by atoms with E-state index in [0.717, 1.165) is 36.4 Å². The third-order valence-corrected chi connectivity index (χ3v) is 6.17. The molecule has 2 amide bonds. The number of hydrogen-bond acceptors (Lipinski definition) is 4. The monoisotopic (exact) mass is 434 g/mol. The minimum Gasteiger partial charge on any atom is -0.345 e. The minimum absolute atomic E-state index is 0.00897. The Balaban J connectivity index is 2.00. The molecule has 2 aromatic carbocycles. The molecule has 1 aliphatic rings. The lowest BCUT2D eigenvalue weighted by Crippen LogP contribution is -2.57. The summed E-state index contributed by atoms with van der Waals surface area (Å²) in [5, 5.41) is 2.77. The van der Waals surface area contributed by atoms with E-state index in [1.54, 1.807) is 19.0 Å². The Morgan fingerprint density at radius 2 is 1.84 bits per heavy atom. The molecule has 6 heteroatoms. The average molecular weight is 435 g/mol. The quantitative estimate of drug-likeness (QED) is 0.509. The van der Waals surface area contributed by atoms with Gasteiger partial charge in [-0.05, 0) is 49.2 Å². The molecule has 0 aromatic heterocycles. The van der Waals surface area contributed by atoms with E-state index >= 15 is 0 Å². The van der Waals surface area contributed by atoms with Gasteiger partial charge in [0, 0.05) is 57.1 Å². The molecule has 3 rings (SSSR count). The molecule has 1 unspecified atom stereocenters. The summed E-state index contributed by atoms with van der Waals surface area (Å²) >= 11 is 0. The first-order valence-electron chi connectivity index (χ1n) is 11.1. The normalized spacial score (nSPS) is 20.4.